The Morgan fingerprint density at radius 3 is 2.23 bits per heavy atom. The predicted octanol–water partition coefficient (Wildman–Crippen LogP) is 6.92. The minimum Gasteiger partial charge on any atom is -0.508 e. The first-order valence-electron chi connectivity index (χ1n) is 13.6. The summed E-state index contributed by atoms with van der Waals surface area (Å²) in [5.41, 5.74) is 3.08. The molecule has 0 aliphatic heterocycles. The summed E-state index contributed by atoms with van der Waals surface area (Å²) in [6, 6.07) is 29.2. The van der Waals surface area contributed by atoms with Crippen molar-refractivity contribution in [1.29, 1.82) is 0 Å². The summed E-state index contributed by atoms with van der Waals surface area (Å²) in [5.74, 6) is -0.988. The molecule has 0 spiro atoms. The third kappa shape index (κ3) is 6.97. The third-order valence-electron chi connectivity index (χ3n) is 6.81. The van der Waals surface area contributed by atoms with E-state index >= 15 is 0 Å². The molecule has 0 saturated heterocycles. The highest BCUT2D eigenvalue weighted by Crippen LogP contribution is 2.40. The normalized spacial score (nSPS) is 11.0. The van der Waals surface area contributed by atoms with Crippen molar-refractivity contribution >= 4 is 39.7 Å². The molecule has 9 heteroatoms. The van der Waals surface area contributed by atoms with Gasteiger partial charge in [-0.05, 0) is 84.1 Å². The molecule has 0 unspecified atom stereocenters. The Morgan fingerprint density at radius 2 is 1.53 bits per heavy atom. The van der Waals surface area contributed by atoms with Gasteiger partial charge in [-0.3, -0.25) is 4.79 Å². The lowest BCUT2D eigenvalue weighted by molar-refractivity contribution is 0.0732. The largest absolute Gasteiger partial charge is 0.508 e. The van der Waals surface area contributed by atoms with Gasteiger partial charge in [0.2, 0.25) is 0 Å². The number of hydrogen-bond donors (Lipinski definition) is 3. The second-order valence-electron chi connectivity index (χ2n) is 10.0. The van der Waals surface area contributed by atoms with Crippen LogP contribution in [0.2, 0.25) is 0 Å². The number of nitrogens with one attached hydrogen (secondary N) is 1. The first-order valence-corrected chi connectivity index (χ1v) is 13.6. The van der Waals surface area contributed by atoms with E-state index in [1.165, 1.54) is 12.1 Å². The second-order valence-corrected chi connectivity index (χ2v) is 10.0. The molecular weight excluding hydrogens is 544 g/mol. The van der Waals surface area contributed by atoms with Crippen molar-refractivity contribution in [2.45, 2.75) is 6.42 Å². The van der Waals surface area contributed by atoms with Gasteiger partial charge in [-0.25, -0.2) is 4.79 Å². The van der Waals surface area contributed by atoms with Gasteiger partial charge in [-0.1, -0.05) is 36.4 Å². The lowest BCUT2D eigenvalue weighted by atomic mass is 10.0. The van der Waals surface area contributed by atoms with Crippen LogP contribution in [-0.2, 0) is 6.42 Å². The van der Waals surface area contributed by atoms with Crippen LogP contribution in [0.3, 0.4) is 0 Å². The molecule has 0 aromatic heterocycles. The molecule has 0 aliphatic rings. The van der Waals surface area contributed by atoms with Gasteiger partial charge in [0.25, 0.3) is 5.91 Å². The minimum atomic E-state index is -0.777. The summed E-state index contributed by atoms with van der Waals surface area (Å²) < 4.78 is 5.54. The van der Waals surface area contributed by atoms with Crippen molar-refractivity contribution in [2.75, 3.05) is 25.5 Å². The topological polar surface area (TPSA) is 124 Å². The monoisotopic (exact) mass is 574 g/mol. The van der Waals surface area contributed by atoms with E-state index in [1.54, 1.807) is 48.5 Å². The van der Waals surface area contributed by atoms with Crippen molar-refractivity contribution < 1.29 is 24.5 Å². The van der Waals surface area contributed by atoms with Gasteiger partial charge < -0.3 is 25.2 Å². The van der Waals surface area contributed by atoms with Crippen molar-refractivity contribution in [3.8, 4) is 17.2 Å². The maximum Gasteiger partial charge on any atom is 0.347 e. The summed E-state index contributed by atoms with van der Waals surface area (Å²) in [4.78, 5) is 27.7. The molecule has 0 aliphatic carbocycles. The number of phenols is 2. The number of nitrogens with zero attached hydrogens (tertiary/aromatic N) is 3. The first-order chi connectivity index (χ1) is 20.8. The molecule has 43 heavy (non-hydrogen) atoms. The molecule has 5 rings (SSSR count). The maximum absolute atomic E-state index is 13.2. The number of ether oxygens (including phenoxy) is 1. The van der Waals surface area contributed by atoms with Crippen LogP contribution >= 0.6 is 0 Å². The quantitative estimate of drug-likeness (QED) is 0.0997. The molecule has 0 saturated carbocycles. The Kier molecular flexibility index (Phi) is 8.62. The van der Waals surface area contributed by atoms with Crippen LogP contribution in [0.4, 0.5) is 17.1 Å². The van der Waals surface area contributed by atoms with Gasteiger partial charge in [-0.2, -0.15) is 5.11 Å². The van der Waals surface area contributed by atoms with Gasteiger partial charge in [0.05, 0.1) is 5.69 Å². The van der Waals surface area contributed by atoms with Gasteiger partial charge in [0.1, 0.15) is 22.7 Å². The zero-order valence-electron chi connectivity index (χ0n) is 23.7. The number of amides is 1. The molecule has 9 nitrogen and oxygen atoms in total. The molecular formula is C34H30N4O5. The van der Waals surface area contributed by atoms with Gasteiger partial charge >= 0.3 is 5.97 Å². The van der Waals surface area contributed by atoms with Crippen molar-refractivity contribution in [2.24, 2.45) is 10.2 Å². The van der Waals surface area contributed by atoms with E-state index in [2.05, 4.69) is 15.5 Å². The van der Waals surface area contributed by atoms with Crippen LogP contribution in [-0.4, -0.2) is 42.7 Å². The minimum absolute atomic E-state index is 0.0633. The summed E-state index contributed by atoms with van der Waals surface area (Å²) in [6.07, 6.45) is 0.612. The number of rotatable bonds is 9. The smallest absolute Gasteiger partial charge is 0.347 e. The molecule has 5 aromatic carbocycles. The standard InChI is InChI=1S/C34H30N4O5/c1-38(2)26-13-11-25(12-14-26)36-37-31-29-6-4-3-5-24(29)21-30(32(31)40)34(42)43-28-17-9-23(10-18-28)33(41)35-20-19-22-7-15-27(39)16-8-22/h3-18,21,39-40H,19-20H2,1-2H3,(H,35,41). The lowest BCUT2D eigenvalue weighted by Crippen LogP contribution is -2.25. The van der Waals surface area contributed by atoms with Gasteiger partial charge in [-0.15, -0.1) is 5.11 Å². The highest BCUT2D eigenvalue weighted by Gasteiger charge is 2.20. The Morgan fingerprint density at radius 1 is 0.837 bits per heavy atom. The number of azo groups is 1. The fourth-order valence-electron chi connectivity index (χ4n) is 4.42. The molecule has 0 heterocycles. The lowest BCUT2D eigenvalue weighted by Gasteiger charge is -2.12. The number of esters is 1. The molecule has 0 fully saturated rings. The van der Waals surface area contributed by atoms with Crippen LogP contribution in [0.15, 0.2) is 113 Å². The average Bonchev–Trinajstić information content (AvgIpc) is 3.01. The molecule has 0 atom stereocenters. The van der Waals surface area contributed by atoms with E-state index in [1.807, 2.05) is 61.5 Å². The Hall–Kier alpha value is -5.70. The molecule has 5 aromatic rings. The number of phenolic OH excluding ortho intramolecular Hbond substituents is 2. The van der Waals surface area contributed by atoms with Crippen molar-refractivity contribution in [3.05, 3.63) is 120 Å². The van der Waals surface area contributed by atoms with E-state index in [0.717, 1.165) is 11.3 Å². The fraction of sp³-hybridized carbons (Fsp3) is 0.118. The number of fused-ring (bicyclic) bond motifs is 1. The number of carbonyl (C=O) groups is 2. The van der Waals surface area contributed by atoms with Crippen LogP contribution in [0.25, 0.3) is 10.8 Å². The highest BCUT2D eigenvalue weighted by molar-refractivity contribution is 6.05. The summed E-state index contributed by atoms with van der Waals surface area (Å²) in [7, 11) is 3.89. The van der Waals surface area contributed by atoms with Gasteiger partial charge in [0.15, 0.2) is 5.75 Å². The first kappa shape index (κ1) is 28.8. The van der Waals surface area contributed by atoms with Crippen LogP contribution in [0.1, 0.15) is 26.3 Å². The number of aromatic hydroxyl groups is 2. The second kappa shape index (κ2) is 12.9. The molecule has 216 valence electrons. The summed E-state index contributed by atoms with van der Waals surface area (Å²) in [6.45, 7) is 0.419. The molecule has 0 bridgehead atoms. The fourth-order valence-corrected chi connectivity index (χ4v) is 4.42. The highest BCUT2D eigenvalue weighted by atomic mass is 16.5. The van der Waals surface area contributed by atoms with E-state index in [0.29, 0.717) is 35.0 Å². The van der Waals surface area contributed by atoms with Gasteiger partial charge in [0, 0.05) is 37.3 Å². The SMILES string of the molecule is CN(C)c1ccc(N=Nc2c(O)c(C(=O)Oc3ccc(C(=O)NCCc4ccc(O)cc4)cc3)cc3ccccc23)cc1. The molecule has 1 amide bonds. The summed E-state index contributed by atoms with van der Waals surface area (Å²) >= 11 is 0. The van der Waals surface area contributed by atoms with Crippen molar-refractivity contribution in [3.63, 3.8) is 0 Å². The Labute approximate surface area is 248 Å². The van der Waals surface area contributed by atoms with Crippen LogP contribution in [0.5, 0.6) is 17.2 Å². The Balaban J connectivity index is 1.29. The zero-order chi connectivity index (χ0) is 30.3. The number of hydrogen-bond acceptors (Lipinski definition) is 8. The number of carbonyl (C=O) groups excluding carboxylic acids is 2. The predicted molar refractivity (Wildman–Crippen MR) is 166 cm³/mol. The van der Waals surface area contributed by atoms with E-state index in [4.69, 9.17) is 4.74 Å². The number of anilines is 1. The van der Waals surface area contributed by atoms with E-state index in [-0.39, 0.29) is 34.4 Å². The van der Waals surface area contributed by atoms with E-state index in [9.17, 15) is 19.8 Å². The maximum atomic E-state index is 13.2. The zero-order valence-corrected chi connectivity index (χ0v) is 23.7. The summed E-state index contributed by atoms with van der Waals surface area (Å²) in [5, 5.41) is 33.2. The average molecular weight is 575 g/mol. The third-order valence-corrected chi connectivity index (χ3v) is 6.81. The Bertz CT molecular complexity index is 1780. The van der Waals surface area contributed by atoms with E-state index < -0.39 is 5.97 Å². The van der Waals surface area contributed by atoms with Crippen LogP contribution in [0, 0.1) is 0 Å². The molecule has 0 radical (unpaired) electrons. The number of benzene rings is 5. The van der Waals surface area contributed by atoms with Crippen molar-refractivity contribution in [1.82, 2.24) is 5.32 Å². The molecule has 3 N–H and O–H groups in total. The van der Waals surface area contributed by atoms with Crippen LogP contribution < -0.4 is 15.0 Å².